The molecule has 2 aliphatic rings. The van der Waals surface area contributed by atoms with Crippen molar-refractivity contribution >= 4 is 18.0 Å². The van der Waals surface area contributed by atoms with Gasteiger partial charge in [0.05, 0.1) is 0 Å². The number of hydrogen-bond acceptors (Lipinski definition) is 4. The Labute approximate surface area is 86.9 Å². The Morgan fingerprint density at radius 3 is 3.13 bits per heavy atom. The van der Waals surface area contributed by atoms with Crippen LogP contribution in [0.25, 0.3) is 12.2 Å². The minimum Gasteiger partial charge on any atom is -0.307 e. The minimum absolute atomic E-state index is 0.512. The summed E-state index contributed by atoms with van der Waals surface area (Å²) < 4.78 is 0. The van der Waals surface area contributed by atoms with Gasteiger partial charge in [-0.15, -0.1) is 0 Å². The Morgan fingerprint density at radius 2 is 2.27 bits per heavy atom. The van der Waals surface area contributed by atoms with Gasteiger partial charge in [-0.05, 0) is 18.1 Å². The van der Waals surface area contributed by atoms with Gasteiger partial charge in [0.2, 0.25) is 0 Å². The number of anilines is 1. The van der Waals surface area contributed by atoms with Gasteiger partial charge in [-0.2, -0.15) is 5.26 Å². The predicted molar refractivity (Wildman–Crippen MR) is 57.5 cm³/mol. The number of rotatable bonds is 0. The molecule has 15 heavy (non-hydrogen) atoms. The Morgan fingerprint density at radius 1 is 1.33 bits per heavy atom. The summed E-state index contributed by atoms with van der Waals surface area (Å²) in [6.45, 7) is 0. The molecule has 0 fully saturated rings. The predicted octanol–water partition coefficient (Wildman–Crippen LogP) is 1.42. The zero-order valence-electron chi connectivity index (χ0n) is 7.91. The molecule has 0 spiro atoms. The first kappa shape index (κ1) is 8.06. The van der Waals surface area contributed by atoms with Gasteiger partial charge in [-0.3, -0.25) is 5.43 Å². The van der Waals surface area contributed by atoms with Gasteiger partial charge in [-0.1, -0.05) is 12.2 Å². The fraction of sp³-hybridized carbons (Fsp3) is 0.0909. The second-order valence-corrected chi connectivity index (χ2v) is 3.44. The molecule has 0 radical (unpaired) electrons. The van der Waals surface area contributed by atoms with Crippen LogP contribution < -0.4 is 10.9 Å². The summed E-state index contributed by atoms with van der Waals surface area (Å²) in [6, 6.07) is 2.13. The van der Waals surface area contributed by atoms with Crippen molar-refractivity contribution in [3.8, 4) is 6.07 Å². The molecule has 1 aliphatic heterocycles. The van der Waals surface area contributed by atoms with Crippen molar-refractivity contribution in [2.45, 2.75) is 6.42 Å². The molecule has 1 aromatic heterocycles. The third-order valence-electron chi connectivity index (χ3n) is 2.62. The molecular weight excluding hydrogens is 188 g/mol. The zero-order chi connectivity index (χ0) is 10.3. The standard InChI is InChI=1S/C11H8N4/c12-6-10-8-3-1-2-7(8)9-4-5-13-15-11(9)14-10/h1-2,4-5,13H,3H2,(H,14,15). The summed E-state index contributed by atoms with van der Waals surface area (Å²) in [4.78, 5) is 4.28. The van der Waals surface area contributed by atoms with Crippen LogP contribution in [-0.4, -0.2) is 4.98 Å². The first-order chi connectivity index (χ1) is 7.40. The zero-order valence-corrected chi connectivity index (χ0v) is 7.91. The lowest BCUT2D eigenvalue weighted by Crippen LogP contribution is -2.20. The molecule has 0 saturated heterocycles. The second kappa shape index (κ2) is 2.85. The quantitative estimate of drug-likeness (QED) is 0.658. The highest BCUT2D eigenvalue weighted by Crippen LogP contribution is 2.31. The highest BCUT2D eigenvalue weighted by molar-refractivity contribution is 5.80. The van der Waals surface area contributed by atoms with Gasteiger partial charge in [0.1, 0.15) is 11.8 Å². The number of nitrogens with zero attached hydrogens (tertiary/aromatic N) is 2. The number of hydrazine groups is 1. The van der Waals surface area contributed by atoms with E-state index in [-0.39, 0.29) is 0 Å². The summed E-state index contributed by atoms with van der Waals surface area (Å²) >= 11 is 0. The van der Waals surface area contributed by atoms with E-state index < -0.39 is 0 Å². The third-order valence-corrected chi connectivity index (χ3v) is 2.62. The van der Waals surface area contributed by atoms with Crippen LogP contribution in [0.3, 0.4) is 0 Å². The van der Waals surface area contributed by atoms with E-state index in [4.69, 9.17) is 5.26 Å². The number of aromatic nitrogens is 1. The van der Waals surface area contributed by atoms with E-state index in [0.717, 1.165) is 28.9 Å². The summed E-state index contributed by atoms with van der Waals surface area (Å²) in [5, 5.41) is 9.00. The number of nitrogens with one attached hydrogen (secondary N) is 2. The number of fused-ring (bicyclic) bond motifs is 3. The monoisotopic (exact) mass is 196 g/mol. The number of nitriles is 1. The van der Waals surface area contributed by atoms with Crippen molar-refractivity contribution in [3.63, 3.8) is 0 Å². The van der Waals surface area contributed by atoms with Gasteiger partial charge in [0.25, 0.3) is 0 Å². The van der Waals surface area contributed by atoms with Gasteiger partial charge in [0.15, 0.2) is 5.82 Å². The van der Waals surface area contributed by atoms with E-state index in [2.05, 4.69) is 28.0 Å². The first-order valence-electron chi connectivity index (χ1n) is 4.72. The van der Waals surface area contributed by atoms with Crippen LogP contribution in [0.4, 0.5) is 5.82 Å². The van der Waals surface area contributed by atoms with Crippen LogP contribution in [0, 0.1) is 11.3 Å². The van der Waals surface area contributed by atoms with E-state index >= 15 is 0 Å². The molecule has 0 atom stereocenters. The Bertz CT molecular complexity index is 534. The van der Waals surface area contributed by atoms with Crippen LogP contribution in [0.1, 0.15) is 22.4 Å². The Balaban J connectivity index is 2.34. The lowest BCUT2D eigenvalue weighted by molar-refractivity contribution is 1.00. The molecule has 2 N–H and O–H groups in total. The van der Waals surface area contributed by atoms with Crippen molar-refractivity contribution in [2.75, 3.05) is 5.43 Å². The Hall–Kier alpha value is -2.28. The molecule has 1 aliphatic carbocycles. The van der Waals surface area contributed by atoms with Crippen LogP contribution in [0.15, 0.2) is 12.3 Å². The highest BCUT2D eigenvalue weighted by atomic mass is 15.4. The number of allylic oxidation sites excluding steroid dienone is 1. The summed E-state index contributed by atoms with van der Waals surface area (Å²) in [5.41, 5.74) is 9.50. The smallest absolute Gasteiger partial charge is 0.153 e. The summed E-state index contributed by atoms with van der Waals surface area (Å²) in [7, 11) is 0. The molecule has 4 heteroatoms. The molecular formula is C11H8N4. The molecule has 2 heterocycles. The van der Waals surface area contributed by atoms with Crippen molar-refractivity contribution in [1.29, 1.82) is 5.26 Å². The van der Waals surface area contributed by atoms with E-state index in [0.29, 0.717) is 5.69 Å². The Kier molecular flexibility index (Phi) is 1.53. The summed E-state index contributed by atoms with van der Waals surface area (Å²) in [5.74, 6) is 0.722. The molecule has 0 unspecified atom stereocenters. The average Bonchev–Trinajstić information content (AvgIpc) is 2.77. The fourth-order valence-electron chi connectivity index (χ4n) is 1.94. The topological polar surface area (TPSA) is 60.7 Å². The van der Waals surface area contributed by atoms with Gasteiger partial charge < -0.3 is 5.43 Å². The lowest BCUT2D eigenvalue weighted by atomic mass is 10.0. The lowest BCUT2D eigenvalue weighted by Gasteiger charge is -2.16. The molecule has 72 valence electrons. The van der Waals surface area contributed by atoms with E-state index in [1.807, 2.05) is 18.4 Å². The number of hydrogen-bond donors (Lipinski definition) is 2. The van der Waals surface area contributed by atoms with Gasteiger partial charge in [-0.25, -0.2) is 4.98 Å². The molecule has 1 aromatic rings. The third kappa shape index (κ3) is 1.03. The maximum absolute atomic E-state index is 9.00. The average molecular weight is 196 g/mol. The van der Waals surface area contributed by atoms with Crippen molar-refractivity contribution in [3.05, 3.63) is 34.7 Å². The van der Waals surface area contributed by atoms with Crippen molar-refractivity contribution in [2.24, 2.45) is 0 Å². The highest BCUT2D eigenvalue weighted by Gasteiger charge is 2.19. The molecule has 0 saturated carbocycles. The van der Waals surface area contributed by atoms with Gasteiger partial charge in [0, 0.05) is 17.3 Å². The molecule has 0 amide bonds. The number of pyridine rings is 1. The van der Waals surface area contributed by atoms with Gasteiger partial charge >= 0.3 is 0 Å². The first-order valence-corrected chi connectivity index (χ1v) is 4.72. The SMILES string of the molecule is N#Cc1nc2c(c3c1CC=C3)C=CNN2. The van der Waals surface area contributed by atoms with Crippen LogP contribution >= 0.6 is 0 Å². The molecule has 0 aromatic carbocycles. The van der Waals surface area contributed by atoms with E-state index in [1.165, 1.54) is 0 Å². The van der Waals surface area contributed by atoms with Crippen LogP contribution in [-0.2, 0) is 6.42 Å². The molecule has 3 rings (SSSR count). The van der Waals surface area contributed by atoms with Crippen LogP contribution in [0.2, 0.25) is 0 Å². The fourth-order valence-corrected chi connectivity index (χ4v) is 1.94. The second-order valence-electron chi connectivity index (χ2n) is 3.44. The molecule has 4 nitrogen and oxygen atoms in total. The van der Waals surface area contributed by atoms with Crippen LogP contribution in [0.5, 0.6) is 0 Å². The van der Waals surface area contributed by atoms with Crippen molar-refractivity contribution in [1.82, 2.24) is 10.4 Å². The normalized spacial score (nSPS) is 14.9. The van der Waals surface area contributed by atoms with Crippen molar-refractivity contribution < 1.29 is 0 Å². The minimum atomic E-state index is 0.512. The van der Waals surface area contributed by atoms with E-state index in [9.17, 15) is 0 Å². The largest absolute Gasteiger partial charge is 0.307 e. The van der Waals surface area contributed by atoms with E-state index in [1.54, 1.807) is 0 Å². The molecule has 0 bridgehead atoms. The summed E-state index contributed by atoms with van der Waals surface area (Å²) in [6.07, 6.45) is 8.70. The maximum atomic E-state index is 9.00. The maximum Gasteiger partial charge on any atom is 0.153 e.